The number of rotatable bonds is 8. The lowest BCUT2D eigenvalue weighted by molar-refractivity contribution is 0.258. The smallest absolute Gasteiger partial charge is 0.161 e. The molecule has 0 atom stereocenters. The number of methoxy groups -OCH3 is 1. The van der Waals surface area contributed by atoms with Crippen molar-refractivity contribution in [2.75, 3.05) is 20.3 Å². The molecule has 0 bridgehead atoms. The van der Waals surface area contributed by atoms with Gasteiger partial charge in [0.15, 0.2) is 11.5 Å². The molecule has 0 saturated carbocycles. The Morgan fingerprint density at radius 2 is 1.45 bits per heavy atom. The van der Waals surface area contributed by atoms with Gasteiger partial charge in [0.1, 0.15) is 5.75 Å². The molecule has 118 valence electrons. The molecule has 0 aliphatic carbocycles. The summed E-state index contributed by atoms with van der Waals surface area (Å²) in [6, 6.07) is 12.8. The van der Waals surface area contributed by atoms with Gasteiger partial charge in [-0.15, -0.1) is 0 Å². The highest BCUT2D eigenvalue weighted by Gasteiger charge is 2.03. The summed E-state index contributed by atoms with van der Waals surface area (Å²) < 4.78 is 16.5. The average molecular weight is 341 g/mol. The Kier molecular flexibility index (Phi) is 6.69. The Bertz CT molecular complexity index is 602. The first-order chi connectivity index (χ1) is 10.7. The van der Waals surface area contributed by atoms with Crippen LogP contribution in [0, 0.1) is 0 Å². The topological polar surface area (TPSA) is 27.7 Å². The molecule has 0 saturated heterocycles. The summed E-state index contributed by atoms with van der Waals surface area (Å²) in [6.45, 7) is 1.19. The van der Waals surface area contributed by atoms with Crippen LogP contribution < -0.4 is 14.2 Å². The first kappa shape index (κ1) is 16.8. The van der Waals surface area contributed by atoms with Crippen LogP contribution in [-0.4, -0.2) is 20.3 Å². The summed E-state index contributed by atoms with van der Waals surface area (Å²) in [6.07, 6.45) is 1.75. The fourth-order valence-electron chi connectivity index (χ4n) is 1.90. The van der Waals surface area contributed by atoms with Gasteiger partial charge in [-0.3, -0.25) is 0 Å². The molecule has 0 heterocycles. The van der Waals surface area contributed by atoms with Crippen molar-refractivity contribution in [3.63, 3.8) is 0 Å². The summed E-state index contributed by atoms with van der Waals surface area (Å²) in [7, 11) is 1.63. The lowest BCUT2D eigenvalue weighted by Gasteiger charge is -2.11. The zero-order valence-electron chi connectivity index (χ0n) is 12.4. The van der Waals surface area contributed by atoms with Crippen LogP contribution >= 0.6 is 23.2 Å². The van der Waals surface area contributed by atoms with Gasteiger partial charge in [0.05, 0.1) is 25.3 Å². The van der Waals surface area contributed by atoms with Crippen LogP contribution in [0.25, 0.3) is 0 Å². The zero-order chi connectivity index (χ0) is 15.8. The molecule has 0 amide bonds. The molecule has 2 rings (SSSR count). The normalized spacial score (nSPS) is 10.3. The lowest BCUT2D eigenvalue weighted by Crippen LogP contribution is -2.03. The Balaban J connectivity index is 1.67. The highest BCUT2D eigenvalue weighted by Crippen LogP contribution is 2.28. The van der Waals surface area contributed by atoms with E-state index < -0.39 is 0 Å². The van der Waals surface area contributed by atoms with Gasteiger partial charge in [-0.25, -0.2) is 0 Å². The maximum Gasteiger partial charge on any atom is 0.161 e. The third-order valence-corrected chi connectivity index (χ3v) is 3.55. The first-order valence-electron chi connectivity index (χ1n) is 7.04. The third-order valence-electron chi connectivity index (χ3n) is 3.02. The molecule has 2 aromatic rings. The highest BCUT2D eigenvalue weighted by atomic mass is 35.5. The molecule has 0 aliphatic rings. The fourth-order valence-corrected chi connectivity index (χ4v) is 2.36. The van der Waals surface area contributed by atoms with Gasteiger partial charge < -0.3 is 14.2 Å². The van der Waals surface area contributed by atoms with E-state index in [2.05, 4.69) is 0 Å². The minimum atomic E-state index is 0.526. The maximum absolute atomic E-state index is 6.04. The number of hydrogen-bond donors (Lipinski definition) is 0. The van der Waals surface area contributed by atoms with Gasteiger partial charge in [-0.05, 0) is 43.2 Å². The fraction of sp³-hybridized carbons (Fsp3) is 0.294. The molecule has 0 aromatic heterocycles. The van der Waals surface area contributed by atoms with Crippen LogP contribution in [0.3, 0.4) is 0 Å². The van der Waals surface area contributed by atoms with E-state index in [4.69, 9.17) is 37.4 Å². The molecule has 22 heavy (non-hydrogen) atoms. The minimum Gasteiger partial charge on any atom is -0.493 e. The van der Waals surface area contributed by atoms with Crippen molar-refractivity contribution in [3.05, 3.63) is 52.5 Å². The van der Waals surface area contributed by atoms with Gasteiger partial charge in [0.2, 0.25) is 0 Å². The number of ether oxygens (including phenoxy) is 3. The van der Waals surface area contributed by atoms with Crippen LogP contribution in [0.4, 0.5) is 0 Å². The maximum atomic E-state index is 6.04. The third kappa shape index (κ3) is 5.00. The quantitative estimate of drug-likeness (QED) is 0.615. The van der Waals surface area contributed by atoms with E-state index in [1.165, 1.54) is 0 Å². The molecule has 0 aliphatic heterocycles. The van der Waals surface area contributed by atoms with Crippen LogP contribution in [0.2, 0.25) is 10.0 Å². The van der Waals surface area contributed by atoms with Crippen LogP contribution in [0.1, 0.15) is 12.8 Å². The second-order valence-electron chi connectivity index (χ2n) is 4.63. The Hall–Kier alpha value is -1.58. The standard InChI is InChI=1S/C17H18Cl2O3/c1-20-16-6-2-3-7-17(16)22-11-5-4-10-21-15-9-8-13(18)12-14(15)19/h2-3,6-9,12H,4-5,10-11H2,1H3. The number of unbranched alkanes of at least 4 members (excludes halogenated alkanes) is 1. The predicted molar refractivity (Wildman–Crippen MR) is 89.7 cm³/mol. The van der Waals surface area contributed by atoms with Gasteiger partial charge in [-0.1, -0.05) is 35.3 Å². The molecule has 3 nitrogen and oxygen atoms in total. The predicted octanol–water partition coefficient (Wildman–Crippen LogP) is 5.24. The van der Waals surface area contributed by atoms with E-state index >= 15 is 0 Å². The van der Waals surface area contributed by atoms with Crippen molar-refractivity contribution in [2.24, 2.45) is 0 Å². The molecule has 5 heteroatoms. The van der Waals surface area contributed by atoms with E-state index in [0.717, 1.165) is 24.3 Å². The summed E-state index contributed by atoms with van der Waals surface area (Å²) in [5, 5.41) is 1.13. The molecule has 0 spiro atoms. The summed E-state index contributed by atoms with van der Waals surface area (Å²) >= 11 is 11.9. The van der Waals surface area contributed by atoms with E-state index in [1.807, 2.05) is 24.3 Å². The SMILES string of the molecule is COc1ccccc1OCCCCOc1ccc(Cl)cc1Cl. The Morgan fingerprint density at radius 3 is 2.09 bits per heavy atom. The molecule has 2 aromatic carbocycles. The molecule has 0 radical (unpaired) electrons. The number of para-hydroxylation sites is 2. The van der Waals surface area contributed by atoms with E-state index in [1.54, 1.807) is 25.3 Å². The highest BCUT2D eigenvalue weighted by molar-refractivity contribution is 6.35. The van der Waals surface area contributed by atoms with Crippen molar-refractivity contribution in [1.82, 2.24) is 0 Å². The van der Waals surface area contributed by atoms with Crippen molar-refractivity contribution in [2.45, 2.75) is 12.8 Å². The van der Waals surface area contributed by atoms with Gasteiger partial charge >= 0.3 is 0 Å². The lowest BCUT2D eigenvalue weighted by atomic mass is 10.3. The first-order valence-corrected chi connectivity index (χ1v) is 7.80. The van der Waals surface area contributed by atoms with Gasteiger partial charge in [0.25, 0.3) is 0 Å². The Morgan fingerprint density at radius 1 is 0.818 bits per heavy atom. The molecular formula is C17H18Cl2O3. The number of hydrogen-bond acceptors (Lipinski definition) is 3. The van der Waals surface area contributed by atoms with Crippen molar-refractivity contribution < 1.29 is 14.2 Å². The minimum absolute atomic E-state index is 0.526. The second kappa shape index (κ2) is 8.76. The van der Waals surface area contributed by atoms with Gasteiger partial charge in [0, 0.05) is 5.02 Å². The summed E-state index contributed by atoms with van der Waals surface area (Å²) in [5.74, 6) is 2.15. The monoisotopic (exact) mass is 340 g/mol. The zero-order valence-corrected chi connectivity index (χ0v) is 13.9. The van der Waals surface area contributed by atoms with Crippen LogP contribution in [0.5, 0.6) is 17.2 Å². The molecule has 0 fully saturated rings. The van der Waals surface area contributed by atoms with E-state index in [9.17, 15) is 0 Å². The molecular weight excluding hydrogens is 323 g/mol. The van der Waals surface area contributed by atoms with Crippen molar-refractivity contribution in [3.8, 4) is 17.2 Å². The average Bonchev–Trinajstić information content (AvgIpc) is 2.52. The molecule has 0 unspecified atom stereocenters. The molecule has 0 N–H and O–H groups in total. The number of benzene rings is 2. The van der Waals surface area contributed by atoms with Crippen LogP contribution in [-0.2, 0) is 0 Å². The summed E-state index contributed by atoms with van der Waals surface area (Å²) in [5.41, 5.74) is 0. The van der Waals surface area contributed by atoms with Crippen LogP contribution in [0.15, 0.2) is 42.5 Å². The Labute approximate surface area is 140 Å². The van der Waals surface area contributed by atoms with E-state index in [0.29, 0.717) is 29.0 Å². The van der Waals surface area contributed by atoms with E-state index in [-0.39, 0.29) is 0 Å². The second-order valence-corrected chi connectivity index (χ2v) is 5.47. The summed E-state index contributed by atoms with van der Waals surface area (Å²) in [4.78, 5) is 0. The van der Waals surface area contributed by atoms with Gasteiger partial charge in [-0.2, -0.15) is 0 Å². The van der Waals surface area contributed by atoms with Crippen molar-refractivity contribution in [1.29, 1.82) is 0 Å². The number of halogens is 2. The largest absolute Gasteiger partial charge is 0.493 e. The van der Waals surface area contributed by atoms with Crippen molar-refractivity contribution >= 4 is 23.2 Å².